The van der Waals surface area contributed by atoms with E-state index in [9.17, 15) is 9.59 Å². The fourth-order valence-corrected chi connectivity index (χ4v) is 5.76. The highest BCUT2D eigenvalue weighted by Gasteiger charge is 2.28. The normalized spacial score (nSPS) is 21.1. The molecule has 210 valence electrons. The summed E-state index contributed by atoms with van der Waals surface area (Å²) in [4.78, 5) is 35.1. The number of hydrogen-bond acceptors (Lipinski definition) is 8. The number of fused-ring (bicyclic) bond motifs is 3. The third kappa shape index (κ3) is 6.01. The highest BCUT2D eigenvalue weighted by molar-refractivity contribution is 6.02. The molecule has 39 heavy (non-hydrogen) atoms. The summed E-state index contributed by atoms with van der Waals surface area (Å²) in [7, 11) is 1.84. The first-order chi connectivity index (χ1) is 18.8. The Morgan fingerprint density at radius 2 is 1.95 bits per heavy atom. The first kappa shape index (κ1) is 27.3. The third-order valence-electron chi connectivity index (χ3n) is 8.23. The summed E-state index contributed by atoms with van der Waals surface area (Å²) >= 11 is 0. The quantitative estimate of drug-likeness (QED) is 0.563. The number of rotatable bonds is 7. The molecule has 0 amide bonds. The highest BCUT2D eigenvalue weighted by Crippen LogP contribution is 2.27. The number of allylic oxidation sites excluding steroid dienone is 1. The van der Waals surface area contributed by atoms with E-state index in [1.54, 1.807) is 10.8 Å². The maximum absolute atomic E-state index is 13.6. The molecule has 0 radical (unpaired) electrons. The average molecular weight is 536 g/mol. The Labute approximate surface area is 229 Å². The zero-order valence-corrected chi connectivity index (χ0v) is 23.4. The minimum atomic E-state index is -0.0189. The molecule has 1 unspecified atom stereocenters. The molecule has 10 heteroatoms. The van der Waals surface area contributed by atoms with Gasteiger partial charge in [-0.2, -0.15) is 0 Å². The lowest BCUT2D eigenvalue weighted by atomic mass is 9.94. The first-order valence-corrected chi connectivity index (χ1v) is 14.2. The van der Waals surface area contributed by atoms with Gasteiger partial charge in [-0.25, -0.2) is 4.79 Å². The standard InChI is InChI=1S/C29H41N7O3/c1-20(2)25(37)19-35-13-11-34(12-14-35)15-16-36-24-7-4-6-22(30)21-9-10-31-28(26-8-5-17-39-26)32-23(18-21)27(24)33(3)29(36)38/h5,8,17-18,20-21,30H,4,6-7,9-16,19H2,1-3H3,(H,31,32). The molecule has 1 fully saturated rings. The van der Waals surface area contributed by atoms with Crippen molar-refractivity contribution in [1.82, 2.24) is 24.3 Å². The van der Waals surface area contributed by atoms with Crippen LogP contribution in [0.5, 0.6) is 0 Å². The number of imidazole rings is 1. The van der Waals surface area contributed by atoms with Crippen LogP contribution < -0.4 is 11.0 Å². The van der Waals surface area contributed by atoms with Crippen molar-refractivity contribution in [1.29, 1.82) is 5.41 Å². The van der Waals surface area contributed by atoms with Gasteiger partial charge in [0.2, 0.25) is 0 Å². The van der Waals surface area contributed by atoms with Crippen LogP contribution >= 0.6 is 0 Å². The maximum atomic E-state index is 13.6. The molecule has 0 aromatic carbocycles. The smallest absolute Gasteiger partial charge is 0.328 e. The van der Waals surface area contributed by atoms with Crippen LogP contribution in [0.2, 0.25) is 0 Å². The van der Waals surface area contributed by atoms with E-state index < -0.39 is 0 Å². The predicted octanol–water partition coefficient (Wildman–Crippen LogP) is 2.38. The molecule has 1 aliphatic carbocycles. The molecule has 2 aromatic heterocycles. The molecule has 2 aliphatic heterocycles. The number of Topliss-reactive ketones (excluding diaryl/α,β-unsaturated/α-hetero) is 1. The molecular weight excluding hydrogens is 494 g/mol. The number of carbonyl (C=O) groups excluding carboxylic acids is 1. The van der Waals surface area contributed by atoms with Crippen molar-refractivity contribution in [3.63, 3.8) is 0 Å². The van der Waals surface area contributed by atoms with Crippen LogP contribution in [0.15, 0.2) is 38.7 Å². The fourth-order valence-electron chi connectivity index (χ4n) is 5.76. The number of aromatic nitrogens is 2. The second-order valence-corrected chi connectivity index (χ2v) is 11.2. The Hall–Kier alpha value is -3.24. The van der Waals surface area contributed by atoms with Gasteiger partial charge >= 0.3 is 5.69 Å². The SMILES string of the molecule is CC(C)C(=O)CN1CCN(CCn2c3c(n(C)c2=O)C2=CC(CCN=C(c4ccco4)N2)C(=N)CCC3)CC1. The van der Waals surface area contributed by atoms with Crippen LogP contribution in [0.25, 0.3) is 5.70 Å². The molecule has 10 nitrogen and oxygen atoms in total. The number of nitrogens with zero attached hydrogens (tertiary/aromatic N) is 5. The average Bonchev–Trinajstić information content (AvgIpc) is 3.52. The van der Waals surface area contributed by atoms with Crippen molar-refractivity contribution in [2.75, 3.05) is 45.8 Å². The van der Waals surface area contributed by atoms with Crippen molar-refractivity contribution in [2.24, 2.45) is 23.9 Å². The van der Waals surface area contributed by atoms with Crippen molar-refractivity contribution in [2.45, 2.75) is 46.1 Å². The minimum Gasteiger partial charge on any atom is -0.461 e. The van der Waals surface area contributed by atoms with E-state index in [1.165, 1.54) is 0 Å². The van der Waals surface area contributed by atoms with E-state index in [0.29, 0.717) is 43.4 Å². The van der Waals surface area contributed by atoms with Crippen molar-refractivity contribution < 1.29 is 9.21 Å². The van der Waals surface area contributed by atoms with E-state index in [-0.39, 0.29) is 17.5 Å². The summed E-state index contributed by atoms with van der Waals surface area (Å²) in [6.45, 7) is 9.96. The lowest BCUT2D eigenvalue weighted by Gasteiger charge is -2.34. The van der Waals surface area contributed by atoms with Crippen LogP contribution in [0.4, 0.5) is 0 Å². The van der Waals surface area contributed by atoms with Crippen LogP contribution in [0.1, 0.15) is 50.3 Å². The molecule has 2 N–H and O–H groups in total. The van der Waals surface area contributed by atoms with E-state index in [2.05, 4.69) is 21.2 Å². The Morgan fingerprint density at radius 1 is 1.18 bits per heavy atom. The van der Waals surface area contributed by atoms with Crippen molar-refractivity contribution in [3.8, 4) is 0 Å². The number of amidine groups is 1. The molecular formula is C29H41N7O3. The Morgan fingerprint density at radius 3 is 2.67 bits per heavy atom. The molecule has 2 aromatic rings. The van der Waals surface area contributed by atoms with Gasteiger partial charge in [0.1, 0.15) is 5.78 Å². The van der Waals surface area contributed by atoms with E-state index in [0.717, 1.165) is 74.8 Å². The maximum Gasteiger partial charge on any atom is 0.328 e. The second kappa shape index (κ2) is 11.9. The predicted molar refractivity (Wildman–Crippen MR) is 152 cm³/mol. The zero-order valence-electron chi connectivity index (χ0n) is 23.4. The van der Waals surface area contributed by atoms with Gasteiger partial charge in [-0.05, 0) is 43.9 Å². The minimum absolute atomic E-state index is 0.0160. The second-order valence-electron chi connectivity index (χ2n) is 11.2. The molecule has 2 bridgehead atoms. The Bertz CT molecular complexity index is 1310. The molecule has 1 atom stereocenters. The molecule has 3 aliphatic rings. The molecule has 0 spiro atoms. The summed E-state index contributed by atoms with van der Waals surface area (Å²) in [6.07, 6.45) is 6.79. The van der Waals surface area contributed by atoms with Crippen LogP contribution in [0, 0.1) is 17.2 Å². The lowest BCUT2D eigenvalue weighted by Crippen LogP contribution is -2.49. The molecule has 4 heterocycles. The lowest BCUT2D eigenvalue weighted by molar-refractivity contribution is -0.123. The van der Waals surface area contributed by atoms with E-state index >= 15 is 0 Å². The number of nitrogens with one attached hydrogen (secondary N) is 2. The van der Waals surface area contributed by atoms with E-state index in [4.69, 9.17) is 14.8 Å². The number of hydrogen-bond donors (Lipinski definition) is 2. The van der Waals surface area contributed by atoms with Gasteiger partial charge in [0.15, 0.2) is 11.6 Å². The molecule has 5 rings (SSSR count). The van der Waals surface area contributed by atoms with Crippen LogP contribution in [0.3, 0.4) is 0 Å². The van der Waals surface area contributed by atoms with Gasteiger partial charge in [0.25, 0.3) is 0 Å². The van der Waals surface area contributed by atoms with Gasteiger partial charge < -0.3 is 15.1 Å². The van der Waals surface area contributed by atoms with Crippen LogP contribution in [-0.2, 0) is 24.8 Å². The zero-order chi connectivity index (χ0) is 27.5. The fraction of sp³-hybridized carbons (Fsp3) is 0.586. The summed E-state index contributed by atoms with van der Waals surface area (Å²) in [5.74, 6) is 1.65. The highest BCUT2D eigenvalue weighted by atomic mass is 16.3. The largest absolute Gasteiger partial charge is 0.461 e. The van der Waals surface area contributed by atoms with Crippen molar-refractivity contribution in [3.05, 3.63) is 52.1 Å². The Balaban J connectivity index is 1.37. The molecule has 1 saturated heterocycles. The summed E-state index contributed by atoms with van der Waals surface area (Å²) in [5, 5.41) is 12.2. The van der Waals surface area contributed by atoms with Gasteiger partial charge in [0, 0.05) is 76.1 Å². The van der Waals surface area contributed by atoms with E-state index in [1.807, 2.05) is 37.6 Å². The topological polar surface area (TPSA) is 112 Å². The summed E-state index contributed by atoms with van der Waals surface area (Å²) < 4.78 is 9.31. The van der Waals surface area contributed by atoms with Gasteiger partial charge in [-0.3, -0.25) is 28.7 Å². The number of furan rings is 1. The van der Waals surface area contributed by atoms with Crippen LogP contribution in [-0.4, -0.2) is 82.1 Å². The van der Waals surface area contributed by atoms with Crippen molar-refractivity contribution >= 4 is 23.0 Å². The monoisotopic (exact) mass is 535 g/mol. The number of carbonyl (C=O) groups is 1. The molecule has 0 saturated carbocycles. The number of ketones is 1. The number of piperazine rings is 1. The number of aliphatic imine (C=N–C) groups is 1. The van der Waals surface area contributed by atoms with Gasteiger partial charge in [-0.15, -0.1) is 0 Å². The van der Waals surface area contributed by atoms with Gasteiger partial charge in [0.05, 0.1) is 24.2 Å². The summed E-state index contributed by atoms with van der Waals surface area (Å²) in [6, 6.07) is 3.72. The third-order valence-corrected chi connectivity index (χ3v) is 8.23. The summed E-state index contributed by atoms with van der Waals surface area (Å²) in [5.41, 5.74) is 3.41. The van der Waals surface area contributed by atoms with Gasteiger partial charge in [-0.1, -0.05) is 13.8 Å². The Kier molecular flexibility index (Phi) is 8.32. The first-order valence-electron chi connectivity index (χ1n) is 14.2.